The lowest BCUT2D eigenvalue weighted by atomic mass is 10.7. The van der Waals surface area contributed by atoms with Gasteiger partial charge in [0.05, 0.1) is 0 Å². The summed E-state index contributed by atoms with van der Waals surface area (Å²) in [7, 11) is 5.09. The van der Waals surface area contributed by atoms with Gasteiger partial charge in [-0.05, 0) is 6.16 Å². The molecule has 0 fully saturated rings. The van der Waals surface area contributed by atoms with Gasteiger partial charge in [0, 0.05) is 0 Å². The molecule has 0 heterocycles. The van der Waals surface area contributed by atoms with Gasteiger partial charge in [0.25, 0.3) is 0 Å². The molecule has 0 saturated carbocycles. The largest absolute Gasteiger partial charge is 0.133 e. The molecule has 0 aromatic rings. The fourth-order valence-corrected chi connectivity index (χ4v) is 0. The lowest BCUT2D eigenvalue weighted by Crippen LogP contribution is -1.58. The van der Waals surface area contributed by atoms with Crippen LogP contribution in [0.3, 0.4) is 0 Å². The summed E-state index contributed by atoms with van der Waals surface area (Å²) in [6.07, 6.45) is 0.991. The van der Waals surface area contributed by atoms with E-state index >= 15 is 0 Å². The van der Waals surface area contributed by atoms with Gasteiger partial charge in [0.15, 0.2) is 0 Å². The van der Waals surface area contributed by atoms with E-state index in [0.29, 0.717) is 0 Å². The van der Waals surface area contributed by atoms with Gasteiger partial charge in [0.1, 0.15) is 0 Å². The third-order valence-corrected chi connectivity index (χ3v) is 1.49. The Morgan fingerprint density at radius 1 is 1.80 bits per heavy atom. The van der Waals surface area contributed by atoms with Gasteiger partial charge < -0.3 is 0 Å². The van der Waals surface area contributed by atoms with E-state index in [1.54, 1.807) is 0 Å². The van der Waals surface area contributed by atoms with Crippen molar-refractivity contribution in [3.8, 4) is 0 Å². The highest BCUT2D eigenvalue weighted by Crippen LogP contribution is 2.02. The second kappa shape index (κ2) is 2.82. The van der Waals surface area contributed by atoms with E-state index in [9.17, 15) is 0 Å². The van der Waals surface area contributed by atoms with Gasteiger partial charge in [0.2, 0.25) is 0 Å². The summed E-state index contributed by atoms with van der Waals surface area (Å²) < 4.78 is 0. The number of rotatable bonds is 1. The lowest BCUT2D eigenvalue weighted by molar-refractivity contribution is 1.77. The van der Waals surface area contributed by atoms with Crippen LogP contribution < -0.4 is 0 Å². The minimum Gasteiger partial charge on any atom is -0.133 e. The molecule has 0 rings (SSSR count). The molecule has 0 aromatic heterocycles. The molecule has 5 heavy (non-hydrogen) atoms. The Morgan fingerprint density at radius 3 is 2.00 bits per heavy atom. The van der Waals surface area contributed by atoms with Crippen molar-refractivity contribution in [2.75, 3.05) is 6.16 Å². The van der Waals surface area contributed by atoms with Crippen molar-refractivity contribution in [2.45, 2.75) is 0 Å². The Balaban J connectivity index is 2.85. The second-order valence-corrected chi connectivity index (χ2v) is 2.09. The molecule has 0 aliphatic heterocycles. The van der Waals surface area contributed by atoms with Gasteiger partial charge in [-0.25, -0.2) is 0 Å². The van der Waals surface area contributed by atoms with E-state index in [4.69, 9.17) is 0 Å². The van der Waals surface area contributed by atoms with Crippen molar-refractivity contribution in [3.63, 3.8) is 0 Å². The predicted octanol–water partition coefficient (Wildman–Crippen LogP) is 1.25. The molecular weight excluding hydrogens is 98.0 g/mol. The third-order valence-electron chi connectivity index (χ3n) is 0.262. The molecular formula is C3H8P2. The normalized spacial score (nSPS) is 7.60. The van der Waals surface area contributed by atoms with Crippen LogP contribution in [0.15, 0.2) is 11.9 Å². The maximum absolute atomic E-state index is 3.62. The Bertz CT molecular complexity index is 40.2. The van der Waals surface area contributed by atoms with Crippen LogP contribution in [0.4, 0.5) is 0 Å². The standard InChI is InChI=1S/C3H8P2/c1-3(5)2-4/h1-2,4-5H2. The highest BCUT2D eigenvalue weighted by Gasteiger charge is 1.67. The third kappa shape index (κ3) is 4.60. The average molecular weight is 106 g/mol. The second-order valence-electron chi connectivity index (χ2n) is 0.862. The molecule has 2 atom stereocenters. The number of hydrogen-bond acceptors (Lipinski definition) is 0. The maximum atomic E-state index is 3.62. The minimum absolute atomic E-state index is 0.991. The molecule has 0 aliphatic carbocycles. The Morgan fingerprint density at radius 2 is 2.00 bits per heavy atom. The summed E-state index contributed by atoms with van der Waals surface area (Å²) in [6, 6.07) is 0. The molecule has 0 aliphatic rings. The van der Waals surface area contributed by atoms with E-state index in [-0.39, 0.29) is 0 Å². The first kappa shape index (κ1) is 5.60. The average Bonchev–Trinajstić information content (AvgIpc) is 1.38. The van der Waals surface area contributed by atoms with Crippen LogP contribution in [-0.2, 0) is 0 Å². The summed E-state index contributed by atoms with van der Waals surface area (Å²) >= 11 is 0. The zero-order valence-electron chi connectivity index (χ0n) is 3.07. The molecule has 30 valence electrons. The summed E-state index contributed by atoms with van der Waals surface area (Å²) in [5.74, 6) is 0. The molecule has 0 bridgehead atoms. The van der Waals surface area contributed by atoms with Gasteiger partial charge in [-0.15, -0.1) is 18.5 Å². The molecule has 2 unspecified atom stereocenters. The summed E-state index contributed by atoms with van der Waals surface area (Å²) in [6.45, 7) is 3.62. The van der Waals surface area contributed by atoms with Crippen molar-refractivity contribution in [3.05, 3.63) is 11.9 Å². The molecule has 0 aromatic carbocycles. The first-order chi connectivity index (χ1) is 2.27. The SMILES string of the molecule is C=C(P)CP. The van der Waals surface area contributed by atoms with Gasteiger partial charge in [-0.3, -0.25) is 0 Å². The van der Waals surface area contributed by atoms with E-state index in [2.05, 4.69) is 25.1 Å². The first-order valence-corrected chi connectivity index (χ1v) is 2.80. The van der Waals surface area contributed by atoms with Crippen molar-refractivity contribution < 1.29 is 0 Å². The maximum Gasteiger partial charge on any atom is -0.0135 e. The van der Waals surface area contributed by atoms with Crippen molar-refractivity contribution in [1.29, 1.82) is 0 Å². The van der Waals surface area contributed by atoms with Gasteiger partial charge in [-0.2, -0.15) is 0 Å². The molecule has 0 spiro atoms. The van der Waals surface area contributed by atoms with Crippen LogP contribution in [0, 0.1) is 0 Å². The Hall–Kier alpha value is 0.600. The van der Waals surface area contributed by atoms with Crippen LogP contribution in [0.25, 0.3) is 0 Å². The van der Waals surface area contributed by atoms with Crippen LogP contribution in [0.2, 0.25) is 0 Å². The highest BCUT2D eigenvalue weighted by atomic mass is 31.0. The van der Waals surface area contributed by atoms with Gasteiger partial charge in [-0.1, -0.05) is 11.9 Å². The number of hydrogen-bond donors (Lipinski definition) is 0. The zero-order chi connectivity index (χ0) is 4.28. The molecule has 0 amide bonds. The van der Waals surface area contributed by atoms with Crippen molar-refractivity contribution >= 4 is 18.5 Å². The quantitative estimate of drug-likeness (QED) is 0.441. The first-order valence-electron chi connectivity index (χ1n) is 1.40. The molecule has 0 nitrogen and oxygen atoms in total. The Labute approximate surface area is 37.4 Å². The van der Waals surface area contributed by atoms with Crippen LogP contribution in [-0.4, -0.2) is 6.16 Å². The predicted molar refractivity (Wildman–Crippen MR) is 33.4 cm³/mol. The smallest absolute Gasteiger partial charge is 0.0135 e. The monoisotopic (exact) mass is 106 g/mol. The van der Waals surface area contributed by atoms with E-state index in [1.807, 2.05) is 0 Å². The topological polar surface area (TPSA) is 0 Å². The van der Waals surface area contributed by atoms with Crippen LogP contribution >= 0.6 is 18.5 Å². The van der Waals surface area contributed by atoms with E-state index < -0.39 is 0 Å². The number of allylic oxidation sites excluding steroid dienone is 1. The zero-order valence-corrected chi connectivity index (χ0v) is 5.38. The summed E-state index contributed by atoms with van der Waals surface area (Å²) in [5.41, 5.74) is 0. The summed E-state index contributed by atoms with van der Waals surface area (Å²) in [5, 5.41) is 1.13. The fraction of sp³-hybridized carbons (Fsp3) is 0.333. The van der Waals surface area contributed by atoms with Crippen LogP contribution in [0.5, 0.6) is 0 Å². The molecule has 0 saturated heterocycles. The fourth-order valence-electron chi connectivity index (χ4n) is 0. The van der Waals surface area contributed by atoms with Crippen molar-refractivity contribution in [2.24, 2.45) is 0 Å². The molecule has 0 radical (unpaired) electrons. The molecule has 0 N–H and O–H groups in total. The van der Waals surface area contributed by atoms with Crippen molar-refractivity contribution in [1.82, 2.24) is 0 Å². The van der Waals surface area contributed by atoms with E-state index in [0.717, 1.165) is 11.5 Å². The van der Waals surface area contributed by atoms with Gasteiger partial charge >= 0.3 is 0 Å². The Kier molecular flexibility index (Phi) is 3.16. The minimum atomic E-state index is 0.991. The van der Waals surface area contributed by atoms with E-state index in [1.165, 1.54) is 0 Å². The van der Waals surface area contributed by atoms with Crippen LogP contribution in [0.1, 0.15) is 0 Å². The summed E-state index contributed by atoms with van der Waals surface area (Å²) in [4.78, 5) is 0. The highest BCUT2D eigenvalue weighted by molar-refractivity contribution is 7.26. The lowest BCUT2D eigenvalue weighted by Gasteiger charge is -1.79. The molecule has 2 heteroatoms.